The zero-order valence-electron chi connectivity index (χ0n) is 10.6. The van der Waals surface area contributed by atoms with Crippen LogP contribution in [0.1, 0.15) is 39.8 Å². The fraction of sp³-hybridized carbons (Fsp3) is 0.500. The third kappa shape index (κ3) is 2.51. The van der Waals surface area contributed by atoms with Crippen molar-refractivity contribution < 1.29 is 0 Å². The first kappa shape index (κ1) is 12.3. The molecule has 2 nitrogen and oxygen atoms in total. The molecule has 0 saturated heterocycles. The molecular weight excluding hydrogens is 260 g/mol. The molecule has 3 rings (SSSR count). The van der Waals surface area contributed by atoms with E-state index in [0.717, 1.165) is 18.8 Å². The first-order valence-corrected chi connectivity index (χ1v) is 8.18. The van der Waals surface area contributed by atoms with Gasteiger partial charge in [0.2, 0.25) is 0 Å². The van der Waals surface area contributed by atoms with Gasteiger partial charge in [0.1, 0.15) is 0 Å². The quantitative estimate of drug-likeness (QED) is 0.932. The highest BCUT2D eigenvalue weighted by atomic mass is 32.1. The van der Waals surface area contributed by atoms with Crippen molar-refractivity contribution in [3.8, 4) is 0 Å². The Bertz CT molecular complexity index is 516. The molecule has 18 heavy (non-hydrogen) atoms. The van der Waals surface area contributed by atoms with Crippen LogP contribution in [0.4, 0.5) is 0 Å². The van der Waals surface area contributed by atoms with Crippen LogP contribution < -0.4 is 5.73 Å². The van der Waals surface area contributed by atoms with E-state index in [0.29, 0.717) is 0 Å². The maximum atomic E-state index is 6.23. The van der Waals surface area contributed by atoms with Gasteiger partial charge in [0.05, 0.1) is 10.7 Å². The molecule has 96 valence electrons. The number of thiazole rings is 1. The molecule has 2 heterocycles. The van der Waals surface area contributed by atoms with Gasteiger partial charge in [0, 0.05) is 22.2 Å². The van der Waals surface area contributed by atoms with E-state index in [1.165, 1.54) is 33.3 Å². The van der Waals surface area contributed by atoms with Crippen molar-refractivity contribution in [1.82, 2.24) is 4.98 Å². The SMILES string of the molecule is CC1CCc2nc(CC(N)c3cccs3)sc2C1. The molecule has 0 aromatic carbocycles. The molecule has 4 heteroatoms. The predicted octanol–water partition coefficient (Wildman–Crippen LogP) is 3.57. The molecule has 0 spiro atoms. The Morgan fingerprint density at radius 3 is 3.22 bits per heavy atom. The van der Waals surface area contributed by atoms with E-state index in [9.17, 15) is 0 Å². The summed E-state index contributed by atoms with van der Waals surface area (Å²) in [5, 5.41) is 3.30. The van der Waals surface area contributed by atoms with Crippen molar-refractivity contribution >= 4 is 22.7 Å². The largest absolute Gasteiger partial charge is 0.323 e. The number of thiophene rings is 1. The number of aryl methyl sites for hydroxylation is 1. The van der Waals surface area contributed by atoms with Crippen molar-refractivity contribution in [2.24, 2.45) is 11.7 Å². The fourth-order valence-corrected chi connectivity index (χ4v) is 4.54. The van der Waals surface area contributed by atoms with E-state index < -0.39 is 0 Å². The van der Waals surface area contributed by atoms with Crippen molar-refractivity contribution in [2.75, 3.05) is 0 Å². The highest BCUT2D eigenvalue weighted by Gasteiger charge is 2.20. The van der Waals surface area contributed by atoms with Gasteiger partial charge in [-0.3, -0.25) is 0 Å². The van der Waals surface area contributed by atoms with E-state index in [1.807, 2.05) is 11.3 Å². The molecular formula is C14H18N2S2. The third-order valence-corrected chi connectivity index (χ3v) is 5.68. The first-order valence-electron chi connectivity index (χ1n) is 6.49. The van der Waals surface area contributed by atoms with Crippen LogP contribution in [0.15, 0.2) is 17.5 Å². The van der Waals surface area contributed by atoms with Gasteiger partial charge in [-0.1, -0.05) is 13.0 Å². The van der Waals surface area contributed by atoms with Gasteiger partial charge in [-0.05, 0) is 36.6 Å². The summed E-state index contributed by atoms with van der Waals surface area (Å²) < 4.78 is 0. The Labute approximate surface area is 116 Å². The molecule has 2 N–H and O–H groups in total. The lowest BCUT2D eigenvalue weighted by Gasteiger charge is -2.15. The molecule has 2 aromatic rings. The van der Waals surface area contributed by atoms with Gasteiger partial charge >= 0.3 is 0 Å². The van der Waals surface area contributed by atoms with Crippen LogP contribution in [0.5, 0.6) is 0 Å². The van der Waals surface area contributed by atoms with Crippen LogP contribution in [0.3, 0.4) is 0 Å². The second-order valence-electron chi connectivity index (χ2n) is 5.15. The zero-order chi connectivity index (χ0) is 12.5. The second kappa shape index (κ2) is 5.11. The molecule has 0 radical (unpaired) electrons. The number of rotatable bonds is 3. The minimum absolute atomic E-state index is 0.107. The Balaban J connectivity index is 1.74. The minimum atomic E-state index is 0.107. The summed E-state index contributed by atoms with van der Waals surface area (Å²) in [5.41, 5.74) is 7.57. The van der Waals surface area contributed by atoms with Gasteiger partial charge in [-0.25, -0.2) is 4.98 Å². The molecule has 2 aromatic heterocycles. The highest BCUT2D eigenvalue weighted by molar-refractivity contribution is 7.11. The number of nitrogens with zero attached hydrogens (tertiary/aromatic N) is 1. The van der Waals surface area contributed by atoms with Crippen LogP contribution in [0.2, 0.25) is 0 Å². The van der Waals surface area contributed by atoms with E-state index in [-0.39, 0.29) is 6.04 Å². The normalized spacial score (nSPS) is 20.7. The number of nitrogens with two attached hydrogens (primary N) is 1. The monoisotopic (exact) mass is 278 g/mol. The summed E-state index contributed by atoms with van der Waals surface area (Å²) >= 11 is 3.62. The highest BCUT2D eigenvalue weighted by Crippen LogP contribution is 2.31. The second-order valence-corrected chi connectivity index (χ2v) is 7.30. The lowest BCUT2D eigenvalue weighted by molar-refractivity contribution is 0.501. The number of hydrogen-bond acceptors (Lipinski definition) is 4. The van der Waals surface area contributed by atoms with Crippen LogP contribution >= 0.6 is 22.7 Å². The van der Waals surface area contributed by atoms with E-state index in [2.05, 4.69) is 24.4 Å². The molecule has 0 bridgehead atoms. The summed E-state index contributed by atoms with van der Waals surface area (Å²) in [4.78, 5) is 7.54. The number of aromatic nitrogens is 1. The van der Waals surface area contributed by atoms with Crippen molar-refractivity contribution in [3.05, 3.63) is 38.0 Å². The van der Waals surface area contributed by atoms with Crippen LogP contribution in [0, 0.1) is 5.92 Å². The Morgan fingerprint density at radius 1 is 1.56 bits per heavy atom. The van der Waals surface area contributed by atoms with E-state index in [4.69, 9.17) is 10.7 Å². The minimum Gasteiger partial charge on any atom is -0.323 e. The lowest BCUT2D eigenvalue weighted by atomic mass is 9.93. The van der Waals surface area contributed by atoms with Gasteiger partial charge in [-0.15, -0.1) is 22.7 Å². The average Bonchev–Trinajstić information content (AvgIpc) is 2.95. The van der Waals surface area contributed by atoms with E-state index >= 15 is 0 Å². The van der Waals surface area contributed by atoms with Crippen LogP contribution in [0.25, 0.3) is 0 Å². The van der Waals surface area contributed by atoms with Crippen LogP contribution in [-0.4, -0.2) is 4.98 Å². The summed E-state index contributed by atoms with van der Waals surface area (Å²) in [7, 11) is 0. The summed E-state index contributed by atoms with van der Waals surface area (Å²) in [6.45, 7) is 2.33. The molecule has 0 amide bonds. The van der Waals surface area contributed by atoms with Gasteiger partial charge in [0.15, 0.2) is 0 Å². The Kier molecular flexibility index (Phi) is 3.50. The van der Waals surface area contributed by atoms with E-state index in [1.54, 1.807) is 11.3 Å². The van der Waals surface area contributed by atoms with Crippen molar-refractivity contribution in [3.63, 3.8) is 0 Å². The smallest absolute Gasteiger partial charge is 0.0950 e. The molecule has 2 unspecified atom stereocenters. The first-order chi connectivity index (χ1) is 8.72. The summed E-state index contributed by atoms with van der Waals surface area (Å²) in [5.74, 6) is 0.816. The number of hydrogen-bond donors (Lipinski definition) is 1. The van der Waals surface area contributed by atoms with Crippen molar-refractivity contribution in [1.29, 1.82) is 0 Å². The molecule has 2 atom stereocenters. The Hall–Kier alpha value is -0.710. The molecule has 0 fully saturated rings. The van der Waals surface area contributed by atoms with Crippen LogP contribution in [-0.2, 0) is 19.3 Å². The number of fused-ring (bicyclic) bond motifs is 1. The molecule has 1 aliphatic rings. The summed E-state index contributed by atoms with van der Waals surface area (Å²) in [6.07, 6.45) is 4.53. The van der Waals surface area contributed by atoms with Gasteiger partial charge < -0.3 is 5.73 Å². The molecule has 0 saturated carbocycles. The zero-order valence-corrected chi connectivity index (χ0v) is 12.2. The topological polar surface area (TPSA) is 38.9 Å². The maximum Gasteiger partial charge on any atom is 0.0950 e. The molecule has 0 aliphatic heterocycles. The molecule has 1 aliphatic carbocycles. The van der Waals surface area contributed by atoms with Gasteiger partial charge in [-0.2, -0.15) is 0 Å². The maximum absolute atomic E-state index is 6.23. The van der Waals surface area contributed by atoms with Gasteiger partial charge in [0.25, 0.3) is 0 Å². The lowest BCUT2D eigenvalue weighted by Crippen LogP contribution is -2.11. The predicted molar refractivity (Wildman–Crippen MR) is 78.3 cm³/mol. The average molecular weight is 278 g/mol. The summed E-state index contributed by atoms with van der Waals surface area (Å²) in [6, 6.07) is 4.29. The standard InChI is InChI=1S/C14H18N2S2/c1-9-4-5-11-13(7-9)18-14(16-11)8-10(15)12-3-2-6-17-12/h2-3,6,9-10H,4-5,7-8,15H2,1H3. The third-order valence-electron chi connectivity index (χ3n) is 3.53. The Morgan fingerprint density at radius 2 is 2.44 bits per heavy atom. The fourth-order valence-electron chi connectivity index (χ4n) is 2.47. The van der Waals surface area contributed by atoms with Crippen molar-refractivity contribution in [2.45, 2.75) is 38.6 Å².